The van der Waals surface area contributed by atoms with Gasteiger partial charge in [-0.3, -0.25) is 9.59 Å². The summed E-state index contributed by atoms with van der Waals surface area (Å²) in [4.78, 5) is 59.2. The Bertz CT molecular complexity index is 2660. The lowest BCUT2D eigenvalue weighted by atomic mass is 9.81. The minimum absolute atomic E-state index is 0.0161. The van der Waals surface area contributed by atoms with Crippen molar-refractivity contribution in [1.82, 2.24) is 0 Å². The van der Waals surface area contributed by atoms with E-state index in [1.807, 2.05) is 35.8 Å². The lowest BCUT2D eigenvalue weighted by Gasteiger charge is -2.40. The van der Waals surface area contributed by atoms with E-state index in [1.54, 1.807) is 0 Å². The summed E-state index contributed by atoms with van der Waals surface area (Å²) in [6.45, 7) is 18.3. The number of anilines is 2. The van der Waals surface area contributed by atoms with Crippen LogP contribution in [-0.2, 0) is 42.7 Å². The summed E-state index contributed by atoms with van der Waals surface area (Å²) in [6, 6.07) is 3.65. The van der Waals surface area contributed by atoms with Gasteiger partial charge in [-0.25, -0.2) is 9.59 Å². The minimum atomic E-state index is -1.01. The Morgan fingerprint density at radius 2 is 0.908 bits per heavy atom. The first-order valence-corrected chi connectivity index (χ1v) is 35.2. The number of hydrogen-bond donors (Lipinski definition) is 2. The monoisotopic (exact) mass is 1240 g/mol. The Labute approximate surface area is 527 Å². The third-order valence-corrected chi connectivity index (χ3v) is 21.7. The van der Waals surface area contributed by atoms with Gasteiger partial charge >= 0.3 is 11.9 Å². The maximum atomic E-state index is 14.3. The van der Waals surface area contributed by atoms with Crippen LogP contribution in [0.4, 0.5) is 11.4 Å². The van der Waals surface area contributed by atoms with Crippen molar-refractivity contribution in [2.45, 2.75) is 257 Å². The average Bonchev–Trinajstić information content (AvgIpc) is 2.36. The molecule has 8 aliphatic rings. The van der Waals surface area contributed by atoms with Crippen molar-refractivity contribution >= 4 is 57.8 Å². The molecule has 5 saturated carbocycles. The van der Waals surface area contributed by atoms with Crippen LogP contribution in [0.1, 0.15) is 238 Å². The Kier molecular flexibility index (Phi) is 25.2. The molecule has 3 aliphatic heterocycles. The smallest absolute Gasteiger partial charge is 0.348 e. The number of hydrogen-bond acceptors (Lipinski definition) is 13. The number of amides is 2. The van der Waals surface area contributed by atoms with Gasteiger partial charge in [-0.2, -0.15) is 0 Å². The van der Waals surface area contributed by atoms with Gasteiger partial charge in [-0.15, -0.1) is 22.7 Å². The predicted molar refractivity (Wildman–Crippen MR) is 341 cm³/mol. The summed E-state index contributed by atoms with van der Waals surface area (Å²) >= 11 is 2.37. The van der Waals surface area contributed by atoms with Gasteiger partial charge in [0.05, 0.1) is 71.0 Å². The highest BCUT2D eigenvalue weighted by molar-refractivity contribution is 7.15. The molecule has 2 amide bonds. The van der Waals surface area contributed by atoms with Gasteiger partial charge in [0.1, 0.15) is 9.75 Å². The van der Waals surface area contributed by atoms with Gasteiger partial charge in [-0.05, 0) is 206 Å². The van der Waals surface area contributed by atoms with E-state index in [0.717, 1.165) is 187 Å². The van der Waals surface area contributed by atoms with Crippen molar-refractivity contribution in [2.24, 2.45) is 34.5 Å². The van der Waals surface area contributed by atoms with E-state index in [1.165, 1.54) is 35.5 Å². The number of rotatable bonds is 19. The van der Waals surface area contributed by atoms with Crippen molar-refractivity contribution in [3.63, 3.8) is 0 Å². The molecule has 3 saturated heterocycles. The van der Waals surface area contributed by atoms with Crippen molar-refractivity contribution in [1.29, 1.82) is 0 Å². The third-order valence-electron chi connectivity index (χ3n) is 19.7. The van der Waals surface area contributed by atoms with Crippen LogP contribution in [0, 0.1) is 58.2 Å². The topological polar surface area (TPSA) is 180 Å². The molecule has 10 rings (SSSR count). The molecule has 5 aliphatic carbocycles. The first-order valence-electron chi connectivity index (χ1n) is 33.6. The summed E-state index contributed by atoms with van der Waals surface area (Å²) in [7, 11) is 0. The molecular formula is C70H102N2O13S2. The number of nitrogens with zero attached hydrogens (tertiary/aromatic N) is 2. The number of carboxylic acids is 2. The molecule has 87 heavy (non-hydrogen) atoms. The quantitative estimate of drug-likeness (QED) is 0.127. The van der Waals surface area contributed by atoms with Gasteiger partial charge in [0.25, 0.3) is 0 Å². The van der Waals surface area contributed by atoms with E-state index in [9.17, 15) is 29.4 Å². The zero-order valence-corrected chi connectivity index (χ0v) is 54.9. The fourth-order valence-corrected chi connectivity index (χ4v) is 15.8. The van der Waals surface area contributed by atoms with Crippen LogP contribution in [0.5, 0.6) is 0 Å². The zero-order valence-electron chi connectivity index (χ0n) is 53.2. The van der Waals surface area contributed by atoms with Gasteiger partial charge in [-0.1, -0.05) is 50.4 Å². The van der Waals surface area contributed by atoms with Crippen LogP contribution in [-0.4, -0.2) is 136 Å². The summed E-state index contributed by atoms with van der Waals surface area (Å²) in [6.07, 6.45) is 26.0. The summed E-state index contributed by atoms with van der Waals surface area (Å²) in [5.41, 5.74) is 0.361. The number of carbonyl (C=O) groups is 4. The average molecular weight is 1240 g/mol. The first-order chi connectivity index (χ1) is 41.9. The van der Waals surface area contributed by atoms with Crippen molar-refractivity contribution < 1.29 is 62.5 Å². The molecule has 0 aromatic carbocycles. The van der Waals surface area contributed by atoms with E-state index in [2.05, 4.69) is 51.4 Å². The number of aromatic carboxylic acids is 2. The second-order valence-electron chi connectivity index (χ2n) is 27.9. The van der Waals surface area contributed by atoms with E-state index < -0.39 is 17.4 Å². The molecule has 8 fully saturated rings. The van der Waals surface area contributed by atoms with Gasteiger partial charge in [0.15, 0.2) is 0 Å². The molecular weight excluding hydrogens is 1140 g/mol. The fraction of sp³-hybridized carbons (Fsp3) is 0.771. The molecule has 2 aromatic heterocycles. The van der Waals surface area contributed by atoms with Crippen LogP contribution < -0.4 is 9.80 Å². The summed E-state index contributed by atoms with van der Waals surface area (Å²) in [5, 5.41) is 20.6. The first kappa shape index (κ1) is 67.5. The van der Waals surface area contributed by atoms with E-state index in [4.69, 9.17) is 33.2 Å². The molecule has 0 radical (unpaired) electrons. The third kappa shape index (κ3) is 19.8. The van der Waals surface area contributed by atoms with Crippen molar-refractivity contribution in [3.8, 4) is 23.7 Å². The van der Waals surface area contributed by atoms with Crippen LogP contribution >= 0.6 is 22.7 Å². The van der Waals surface area contributed by atoms with Gasteiger partial charge in [0.2, 0.25) is 11.8 Å². The van der Waals surface area contributed by atoms with Crippen LogP contribution in [0.15, 0.2) is 12.1 Å². The molecule has 17 heteroatoms. The second-order valence-corrected chi connectivity index (χ2v) is 30.0. The fourth-order valence-electron chi connectivity index (χ4n) is 14.1. The standard InChI is InChI=1S/C36H53NO6S.C34H49NO7S/c1-25-8-10-26(11-9-25)34(38)37(27-12-14-30(15-13-27)43-29-6-4-5-7-29)32-24-31(44-33(32)35(39)40)16-19-36(2,3)20-23-42-28-17-21-41-22-18-28;1-23-4-6-24(7-5-23)32(36)35(25-8-10-27(11-9-25)42-28-15-19-40-21-28)30-20-29(43-31(30)33(37)38)12-16-34(2,3)22-41-26-13-17-39-18-14-26/h24-30H,4-15,17-18,20-23H2,1-3H3,(H,39,40);20,23-28H,4-11,13-15,17-19,21-22H2,1-3H3,(H,37,38). The Balaban J connectivity index is 0.000000208. The number of ether oxygens (including phenoxy) is 7. The van der Waals surface area contributed by atoms with Crippen molar-refractivity contribution in [2.75, 3.05) is 62.7 Å². The second kappa shape index (κ2) is 32.4. The van der Waals surface area contributed by atoms with Crippen LogP contribution in [0.3, 0.4) is 0 Å². The van der Waals surface area contributed by atoms with Crippen molar-refractivity contribution in [3.05, 3.63) is 31.6 Å². The molecule has 2 N–H and O–H groups in total. The van der Waals surface area contributed by atoms with Gasteiger partial charge in [0, 0.05) is 74.4 Å². The van der Waals surface area contributed by atoms with E-state index in [-0.39, 0.29) is 81.4 Å². The van der Waals surface area contributed by atoms with E-state index >= 15 is 0 Å². The highest BCUT2D eigenvalue weighted by atomic mass is 32.1. The lowest BCUT2D eigenvalue weighted by Crippen LogP contribution is -2.47. The molecule has 5 heterocycles. The molecule has 482 valence electrons. The number of carbonyl (C=O) groups excluding carboxylic acids is 2. The Morgan fingerprint density at radius 3 is 1.34 bits per heavy atom. The number of thiophene rings is 2. The molecule has 0 spiro atoms. The minimum Gasteiger partial charge on any atom is -0.477 e. The maximum absolute atomic E-state index is 14.3. The Morgan fingerprint density at radius 1 is 0.506 bits per heavy atom. The molecule has 2 aromatic rings. The maximum Gasteiger partial charge on any atom is 0.348 e. The Hall–Kier alpha value is -3.88. The van der Waals surface area contributed by atoms with Crippen LogP contribution in [0.25, 0.3) is 0 Å². The molecule has 0 bridgehead atoms. The molecule has 15 nitrogen and oxygen atoms in total. The highest BCUT2D eigenvalue weighted by Crippen LogP contribution is 2.42. The van der Waals surface area contributed by atoms with E-state index in [0.29, 0.717) is 58.9 Å². The predicted octanol–water partition coefficient (Wildman–Crippen LogP) is 14.1. The van der Waals surface area contributed by atoms with Crippen LogP contribution in [0.2, 0.25) is 0 Å². The molecule has 1 unspecified atom stereocenters. The highest BCUT2D eigenvalue weighted by Gasteiger charge is 2.41. The SMILES string of the molecule is CC1CCC(C(=O)N(c2cc(C#CC(C)(C)CCOC3CCOCC3)sc2C(=O)O)C2CCC(OC3CCCC3)CC2)CC1.CC1CCC(C(=O)N(c2cc(C#CC(C)(C)COC3CCOCC3)sc2C(=O)O)C2CCC(OC3CCOC3)CC2)CC1. The summed E-state index contributed by atoms with van der Waals surface area (Å²) in [5.74, 6) is 12.6. The van der Waals surface area contributed by atoms with Gasteiger partial charge < -0.3 is 53.2 Å². The number of carboxylic acid groups (broad SMARTS) is 2. The molecule has 1 atom stereocenters. The normalized spacial score (nSPS) is 27.9. The summed E-state index contributed by atoms with van der Waals surface area (Å²) < 4.78 is 41.3. The largest absolute Gasteiger partial charge is 0.477 e. The zero-order chi connectivity index (χ0) is 61.5. The lowest BCUT2D eigenvalue weighted by molar-refractivity contribution is -0.125.